The van der Waals surface area contributed by atoms with Gasteiger partial charge in [-0.1, -0.05) is 13.8 Å². The van der Waals surface area contributed by atoms with Crippen LogP contribution in [0.5, 0.6) is 0 Å². The third-order valence-electron chi connectivity index (χ3n) is 4.39. The smallest absolute Gasteiger partial charge is 0.414 e. The largest absolute Gasteiger partial charge is 0.441 e. The standard InChI is InChI=1S/C19H18FN5O3.C2H6/c1-24-7-6-18(23-24)22-17-5-2-12(9-21-17)15-4-3-13(8-16(15)20)25-10-14(11-26)28-19(25)27;1-2/h2-9,14,26H,10-11H2,1H3,(H,21,22,23);1-2H3/t14-;/m1./s1. The Kier molecular flexibility index (Phi) is 6.63. The first kappa shape index (κ1) is 21.3. The summed E-state index contributed by atoms with van der Waals surface area (Å²) in [5, 5.41) is 16.4. The lowest BCUT2D eigenvalue weighted by atomic mass is 10.1. The number of carbonyl (C=O) groups is 1. The maximum atomic E-state index is 14.7. The van der Waals surface area contributed by atoms with Crippen LogP contribution in [0.1, 0.15) is 13.8 Å². The number of amides is 1. The maximum Gasteiger partial charge on any atom is 0.414 e. The van der Waals surface area contributed by atoms with E-state index in [-0.39, 0.29) is 13.2 Å². The van der Waals surface area contributed by atoms with Crippen molar-refractivity contribution in [3.05, 3.63) is 54.6 Å². The van der Waals surface area contributed by atoms with Crippen molar-refractivity contribution >= 4 is 23.4 Å². The molecule has 3 heterocycles. The number of carbonyl (C=O) groups excluding carboxylic acids is 1. The average Bonchev–Trinajstić information content (AvgIpc) is 3.35. The molecule has 1 aliphatic heterocycles. The van der Waals surface area contributed by atoms with Gasteiger partial charge in [0.25, 0.3) is 0 Å². The number of pyridine rings is 1. The van der Waals surface area contributed by atoms with Crippen LogP contribution in [0, 0.1) is 5.82 Å². The Labute approximate surface area is 173 Å². The van der Waals surface area contributed by atoms with Gasteiger partial charge in [0.2, 0.25) is 0 Å². The van der Waals surface area contributed by atoms with Crippen molar-refractivity contribution < 1.29 is 19.0 Å². The molecule has 0 unspecified atom stereocenters. The number of halogens is 1. The zero-order valence-corrected chi connectivity index (χ0v) is 17.0. The van der Waals surface area contributed by atoms with Gasteiger partial charge in [0.15, 0.2) is 5.82 Å². The summed E-state index contributed by atoms with van der Waals surface area (Å²) in [7, 11) is 1.82. The van der Waals surface area contributed by atoms with Crippen molar-refractivity contribution in [2.45, 2.75) is 20.0 Å². The summed E-state index contributed by atoms with van der Waals surface area (Å²) in [5.41, 5.74) is 1.35. The van der Waals surface area contributed by atoms with E-state index >= 15 is 0 Å². The number of aliphatic hydroxyl groups excluding tert-OH is 1. The lowest BCUT2D eigenvalue weighted by Crippen LogP contribution is -2.25. The highest BCUT2D eigenvalue weighted by atomic mass is 19.1. The van der Waals surface area contributed by atoms with Crippen LogP contribution in [0.15, 0.2) is 48.8 Å². The van der Waals surface area contributed by atoms with Crippen LogP contribution in [0.4, 0.5) is 26.5 Å². The van der Waals surface area contributed by atoms with Crippen molar-refractivity contribution in [2.24, 2.45) is 7.05 Å². The van der Waals surface area contributed by atoms with Gasteiger partial charge in [-0.15, -0.1) is 0 Å². The molecule has 1 fully saturated rings. The first-order valence-corrected chi connectivity index (χ1v) is 9.65. The van der Waals surface area contributed by atoms with E-state index in [1.807, 2.05) is 33.2 Å². The molecular formula is C21H24FN5O3. The topological polar surface area (TPSA) is 92.5 Å². The van der Waals surface area contributed by atoms with E-state index in [1.165, 1.54) is 11.0 Å². The summed E-state index contributed by atoms with van der Waals surface area (Å²) in [6.07, 6.45) is 2.18. The van der Waals surface area contributed by atoms with E-state index in [4.69, 9.17) is 9.84 Å². The van der Waals surface area contributed by atoms with Crippen LogP contribution < -0.4 is 10.2 Å². The minimum absolute atomic E-state index is 0.184. The second kappa shape index (κ2) is 9.36. The second-order valence-corrected chi connectivity index (χ2v) is 6.39. The fourth-order valence-corrected chi connectivity index (χ4v) is 2.97. The molecule has 0 aliphatic carbocycles. The van der Waals surface area contributed by atoms with Gasteiger partial charge in [-0.2, -0.15) is 5.10 Å². The third-order valence-corrected chi connectivity index (χ3v) is 4.39. The monoisotopic (exact) mass is 413 g/mol. The van der Waals surface area contributed by atoms with Gasteiger partial charge in [-0.3, -0.25) is 9.58 Å². The number of nitrogens with one attached hydrogen (secondary N) is 1. The van der Waals surface area contributed by atoms with Crippen LogP contribution in [0.2, 0.25) is 0 Å². The Morgan fingerprint density at radius 2 is 2.03 bits per heavy atom. The Hall–Kier alpha value is -3.46. The van der Waals surface area contributed by atoms with E-state index < -0.39 is 18.0 Å². The van der Waals surface area contributed by atoms with Gasteiger partial charge >= 0.3 is 6.09 Å². The van der Waals surface area contributed by atoms with Crippen molar-refractivity contribution in [3.63, 3.8) is 0 Å². The molecule has 1 amide bonds. The Balaban J connectivity index is 0.00000124. The van der Waals surface area contributed by atoms with E-state index in [2.05, 4.69) is 15.4 Å². The molecule has 0 saturated carbocycles. The van der Waals surface area contributed by atoms with Crippen LogP contribution in [0.25, 0.3) is 11.1 Å². The molecule has 1 atom stereocenters. The Morgan fingerprint density at radius 1 is 1.23 bits per heavy atom. The molecule has 8 nitrogen and oxygen atoms in total. The molecule has 2 N–H and O–H groups in total. The lowest BCUT2D eigenvalue weighted by molar-refractivity contribution is 0.0963. The molecular weight excluding hydrogens is 389 g/mol. The maximum absolute atomic E-state index is 14.7. The molecule has 0 radical (unpaired) electrons. The van der Waals surface area contributed by atoms with Crippen molar-refractivity contribution in [2.75, 3.05) is 23.4 Å². The van der Waals surface area contributed by atoms with E-state index in [1.54, 1.807) is 35.1 Å². The highest BCUT2D eigenvalue weighted by molar-refractivity contribution is 5.90. The number of aromatic nitrogens is 3. The molecule has 1 saturated heterocycles. The minimum Gasteiger partial charge on any atom is -0.441 e. The number of hydrogen-bond donors (Lipinski definition) is 2. The van der Waals surface area contributed by atoms with E-state index in [0.717, 1.165) is 0 Å². The molecule has 0 bridgehead atoms. The first-order valence-electron chi connectivity index (χ1n) is 9.65. The van der Waals surface area contributed by atoms with Crippen LogP contribution in [0.3, 0.4) is 0 Å². The van der Waals surface area contributed by atoms with Gasteiger partial charge < -0.3 is 15.2 Å². The van der Waals surface area contributed by atoms with Crippen molar-refractivity contribution in [3.8, 4) is 11.1 Å². The number of benzene rings is 1. The third kappa shape index (κ3) is 4.57. The van der Waals surface area contributed by atoms with Crippen molar-refractivity contribution in [1.82, 2.24) is 14.8 Å². The van der Waals surface area contributed by atoms with Gasteiger partial charge in [0, 0.05) is 36.6 Å². The average molecular weight is 413 g/mol. The highest BCUT2D eigenvalue weighted by Gasteiger charge is 2.32. The number of hydrogen-bond acceptors (Lipinski definition) is 6. The van der Waals surface area contributed by atoms with Crippen LogP contribution >= 0.6 is 0 Å². The summed E-state index contributed by atoms with van der Waals surface area (Å²) in [6.45, 7) is 3.91. The molecule has 1 aromatic carbocycles. The summed E-state index contributed by atoms with van der Waals surface area (Å²) in [5.74, 6) is 0.774. The minimum atomic E-state index is -0.599. The first-order chi connectivity index (χ1) is 14.5. The number of rotatable bonds is 5. The van der Waals surface area contributed by atoms with Crippen molar-refractivity contribution in [1.29, 1.82) is 0 Å². The summed E-state index contributed by atoms with van der Waals surface area (Å²) in [4.78, 5) is 17.4. The number of aryl methyl sites for hydroxylation is 1. The van der Waals surface area contributed by atoms with Gasteiger partial charge in [-0.05, 0) is 30.3 Å². The Morgan fingerprint density at radius 3 is 2.60 bits per heavy atom. The zero-order chi connectivity index (χ0) is 21.7. The summed E-state index contributed by atoms with van der Waals surface area (Å²) >= 11 is 0. The predicted octanol–water partition coefficient (Wildman–Crippen LogP) is 3.71. The van der Waals surface area contributed by atoms with Gasteiger partial charge in [0.1, 0.15) is 17.7 Å². The van der Waals surface area contributed by atoms with Gasteiger partial charge in [0.05, 0.1) is 18.8 Å². The predicted molar refractivity (Wildman–Crippen MR) is 112 cm³/mol. The molecule has 9 heteroatoms. The normalized spacial score (nSPS) is 15.4. The molecule has 2 aromatic heterocycles. The SMILES string of the molecule is CC.Cn1ccc(Nc2ccc(-c3ccc(N4C[C@H](CO)OC4=O)cc3F)cn2)n1. The zero-order valence-electron chi connectivity index (χ0n) is 17.0. The fourth-order valence-electron chi connectivity index (χ4n) is 2.97. The Bertz CT molecular complexity index is 1010. The molecule has 4 rings (SSSR count). The van der Waals surface area contributed by atoms with E-state index in [0.29, 0.717) is 28.5 Å². The number of aliphatic hydroxyl groups is 1. The molecule has 1 aliphatic rings. The molecule has 0 spiro atoms. The molecule has 30 heavy (non-hydrogen) atoms. The number of cyclic esters (lactones) is 1. The molecule has 158 valence electrons. The summed E-state index contributed by atoms with van der Waals surface area (Å²) < 4.78 is 21.3. The van der Waals surface area contributed by atoms with Crippen LogP contribution in [-0.4, -0.2) is 45.2 Å². The molecule has 3 aromatic rings. The number of nitrogens with zero attached hydrogens (tertiary/aromatic N) is 4. The van der Waals surface area contributed by atoms with Crippen LogP contribution in [-0.2, 0) is 11.8 Å². The highest BCUT2D eigenvalue weighted by Crippen LogP contribution is 2.29. The lowest BCUT2D eigenvalue weighted by Gasteiger charge is -2.14. The quantitative estimate of drug-likeness (QED) is 0.663. The fraction of sp³-hybridized carbons (Fsp3) is 0.286. The van der Waals surface area contributed by atoms with E-state index in [9.17, 15) is 9.18 Å². The number of ether oxygens (including phenoxy) is 1. The second-order valence-electron chi connectivity index (χ2n) is 6.39. The van der Waals surface area contributed by atoms with Gasteiger partial charge in [-0.25, -0.2) is 14.2 Å². The summed E-state index contributed by atoms with van der Waals surface area (Å²) in [6, 6.07) is 9.81. The number of anilines is 3.